The van der Waals surface area contributed by atoms with E-state index < -0.39 is 0 Å². The summed E-state index contributed by atoms with van der Waals surface area (Å²) < 4.78 is 11.6. The molecule has 0 saturated carbocycles. The average Bonchev–Trinajstić information content (AvgIpc) is 2.45. The molecular weight excluding hydrogens is 280 g/mol. The predicted octanol–water partition coefficient (Wildman–Crippen LogP) is 1.70. The van der Waals surface area contributed by atoms with Crippen LogP contribution in [0.1, 0.15) is 27.7 Å². The number of hydrogen-bond acceptors (Lipinski definition) is 6. The van der Waals surface area contributed by atoms with E-state index in [1.165, 1.54) is 0 Å². The molecule has 4 atom stereocenters. The maximum Gasteiger partial charge on any atom is 0.134 e. The standard InChI is InChI=1S/C16H26N4O2/c1-11-6-19(7-12(2)21-11)15-5-16(18-10-17-15)20-8-13(3)22-14(4)9-20/h5,10-14H,6-9H2,1-4H3/t11-,12+,13-,14+. The van der Waals surface area contributed by atoms with Crippen LogP contribution < -0.4 is 9.80 Å². The highest BCUT2D eigenvalue weighted by Crippen LogP contribution is 2.23. The van der Waals surface area contributed by atoms with Gasteiger partial charge >= 0.3 is 0 Å². The number of hydrogen-bond donors (Lipinski definition) is 0. The van der Waals surface area contributed by atoms with Gasteiger partial charge in [0.15, 0.2) is 0 Å². The normalized spacial score (nSPS) is 33.1. The van der Waals surface area contributed by atoms with E-state index in [9.17, 15) is 0 Å². The molecule has 0 spiro atoms. The Bertz CT molecular complexity index is 451. The van der Waals surface area contributed by atoms with Gasteiger partial charge in [-0.3, -0.25) is 0 Å². The second-order valence-corrected chi connectivity index (χ2v) is 6.56. The highest BCUT2D eigenvalue weighted by molar-refractivity contribution is 5.51. The van der Waals surface area contributed by atoms with E-state index in [4.69, 9.17) is 9.47 Å². The van der Waals surface area contributed by atoms with Gasteiger partial charge in [-0.1, -0.05) is 0 Å². The van der Waals surface area contributed by atoms with Crippen LogP contribution in [0.25, 0.3) is 0 Å². The van der Waals surface area contributed by atoms with Crippen molar-refractivity contribution in [3.63, 3.8) is 0 Å². The van der Waals surface area contributed by atoms with Crippen LogP contribution in [0.3, 0.4) is 0 Å². The molecule has 6 heteroatoms. The van der Waals surface area contributed by atoms with Crippen LogP contribution >= 0.6 is 0 Å². The van der Waals surface area contributed by atoms with Crippen LogP contribution in [0.2, 0.25) is 0 Å². The van der Waals surface area contributed by atoms with E-state index >= 15 is 0 Å². The summed E-state index contributed by atoms with van der Waals surface area (Å²) in [5.74, 6) is 1.97. The maximum atomic E-state index is 5.80. The second kappa shape index (κ2) is 6.38. The Labute approximate surface area is 132 Å². The van der Waals surface area contributed by atoms with Crippen LogP contribution in [-0.2, 0) is 9.47 Å². The summed E-state index contributed by atoms with van der Waals surface area (Å²) in [6, 6.07) is 2.09. The molecule has 2 aliphatic rings. The summed E-state index contributed by atoms with van der Waals surface area (Å²) >= 11 is 0. The Kier molecular flexibility index (Phi) is 4.49. The molecule has 0 amide bonds. The minimum Gasteiger partial charge on any atom is -0.372 e. The third-order valence-electron chi connectivity index (χ3n) is 4.13. The molecule has 3 rings (SSSR count). The van der Waals surface area contributed by atoms with Crippen molar-refractivity contribution in [1.82, 2.24) is 9.97 Å². The van der Waals surface area contributed by atoms with Crippen molar-refractivity contribution in [2.75, 3.05) is 36.0 Å². The quantitative estimate of drug-likeness (QED) is 0.829. The number of aromatic nitrogens is 2. The lowest BCUT2D eigenvalue weighted by Crippen LogP contribution is -2.47. The van der Waals surface area contributed by atoms with E-state index in [0.29, 0.717) is 0 Å². The van der Waals surface area contributed by atoms with Crippen LogP contribution in [0.5, 0.6) is 0 Å². The predicted molar refractivity (Wildman–Crippen MR) is 86.5 cm³/mol. The van der Waals surface area contributed by atoms with Crippen LogP contribution in [0.4, 0.5) is 11.6 Å². The molecule has 0 unspecified atom stereocenters. The van der Waals surface area contributed by atoms with Gasteiger partial charge in [-0.15, -0.1) is 0 Å². The van der Waals surface area contributed by atoms with Gasteiger partial charge < -0.3 is 19.3 Å². The molecule has 0 radical (unpaired) electrons. The largest absolute Gasteiger partial charge is 0.372 e. The molecule has 2 aliphatic heterocycles. The minimum atomic E-state index is 0.227. The molecule has 2 saturated heterocycles. The van der Waals surface area contributed by atoms with Gasteiger partial charge in [0.1, 0.15) is 18.0 Å². The van der Waals surface area contributed by atoms with Crippen molar-refractivity contribution in [1.29, 1.82) is 0 Å². The lowest BCUT2D eigenvalue weighted by atomic mass is 10.2. The highest BCUT2D eigenvalue weighted by Gasteiger charge is 2.26. The Hall–Kier alpha value is -1.40. The fourth-order valence-electron chi connectivity index (χ4n) is 3.41. The van der Waals surface area contributed by atoms with E-state index in [2.05, 4.69) is 53.5 Å². The van der Waals surface area contributed by atoms with Crippen LogP contribution in [0, 0.1) is 0 Å². The minimum absolute atomic E-state index is 0.227. The van der Waals surface area contributed by atoms with Gasteiger partial charge in [-0.05, 0) is 27.7 Å². The lowest BCUT2D eigenvalue weighted by molar-refractivity contribution is -0.00566. The SMILES string of the molecule is C[C@@H]1CN(c2cc(N3C[C@@H](C)O[C@@H](C)C3)ncn2)C[C@H](C)O1. The molecular formula is C16H26N4O2. The number of anilines is 2. The fraction of sp³-hybridized carbons (Fsp3) is 0.750. The van der Waals surface area contributed by atoms with Crippen LogP contribution in [0.15, 0.2) is 12.4 Å². The van der Waals surface area contributed by atoms with E-state index in [1.807, 2.05) is 0 Å². The Morgan fingerprint density at radius 1 is 0.773 bits per heavy atom. The second-order valence-electron chi connectivity index (χ2n) is 6.56. The van der Waals surface area contributed by atoms with Gasteiger partial charge in [0.2, 0.25) is 0 Å². The zero-order chi connectivity index (χ0) is 15.7. The Morgan fingerprint density at radius 2 is 1.14 bits per heavy atom. The van der Waals surface area contributed by atoms with Gasteiger partial charge in [0, 0.05) is 32.2 Å². The first kappa shape index (κ1) is 15.5. The number of nitrogens with zero attached hydrogens (tertiary/aromatic N) is 4. The van der Waals surface area contributed by atoms with Gasteiger partial charge in [-0.25, -0.2) is 9.97 Å². The maximum absolute atomic E-state index is 5.80. The molecule has 22 heavy (non-hydrogen) atoms. The molecule has 1 aromatic rings. The monoisotopic (exact) mass is 306 g/mol. The first-order chi connectivity index (χ1) is 10.5. The van der Waals surface area contributed by atoms with E-state index in [0.717, 1.165) is 37.8 Å². The topological polar surface area (TPSA) is 50.7 Å². The summed E-state index contributed by atoms with van der Waals surface area (Å²) in [6.07, 6.45) is 2.58. The Morgan fingerprint density at radius 3 is 1.50 bits per heavy atom. The lowest BCUT2D eigenvalue weighted by Gasteiger charge is -2.38. The van der Waals surface area contributed by atoms with Gasteiger partial charge in [0.25, 0.3) is 0 Å². The van der Waals surface area contributed by atoms with Gasteiger partial charge in [0.05, 0.1) is 24.4 Å². The van der Waals surface area contributed by atoms with Crippen molar-refractivity contribution in [2.45, 2.75) is 52.1 Å². The third kappa shape index (κ3) is 3.50. The summed E-state index contributed by atoms with van der Waals surface area (Å²) in [5.41, 5.74) is 0. The molecule has 6 nitrogen and oxygen atoms in total. The summed E-state index contributed by atoms with van der Waals surface area (Å²) in [5, 5.41) is 0. The molecule has 3 heterocycles. The molecule has 0 bridgehead atoms. The number of morpholine rings is 2. The number of ether oxygens (including phenoxy) is 2. The molecule has 122 valence electrons. The Balaban J connectivity index is 1.77. The molecule has 1 aromatic heterocycles. The average molecular weight is 306 g/mol. The summed E-state index contributed by atoms with van der Waals surface area (Å²) in [7, 11) is 0. The van der Waals surface area contributed by atoms with Crippen molar-refractivity contribution in [3.8, 4) is 0 Å². The van der Waals surface area contributed by atoms with Crippen molar-refractivity contribution in [3.05, 3.63) is 12.4 Å². The molecule has 2 fully saturated rings. The highest BCUT2D eigenvalue weighted by atomic mass is 16.5. The first-order valence-corrected chi connectivity index (χ1v) is 8.14. The zero-order valence-electron chi connectivity index (χ0n) is 13.9. The van der Waals surface area contributed by atoms with Gasteiger partial charge in [-0.2, -0.15) is 0 Å². The van der Waals surface area contributed by atoms with Crippen molar-refractivity contribution in [2.24, 2.45) is 0 Å². The fourth-order valence-corrected chi connectivity index (χ4v) is 3.41. The van der Waals surface area contributed by atoms with Crippen molar-refractivity contribution < 1.29 is 9.47 Å². The zero-order valence-corrected chi connectivity index (χ0v) is 13.9. The van der Waals surface area contributed by atoms with E-state index in [1.54, 1.807) is 6.33 Å². The molecule has 0 aliphatic carbocycles. The van der Waals surface area contributed by atoms with Crippen LogP contribution in [-0.4, -0.2) is 60.6 Å². The third-order valence-corrected chi connectivity index (χ3v) is 4.13. The summed E-state index contributed by atoms with van der Waals surface area (Å²) in [4.78, 5) is 13.5. The molecule has 0 N–H and O–H groups in total. The smallest absolute Gasteiger partial charge is 0.134 e. The number of rotatable bonds is 2. The molecule has 0 aromatic carbocycles. The van der Waals surface area contributed by atoms with Crippen molar-refractivity contribution >= 4 is 11.6 Å². The first-order valence-electron chi connectivity index (χ1n) is 8.14. The summed E-state index contributed by atoms with van der Waals surface area (Å²) in [6.45, 7) is 11.9. The van der Waals surface area contributed by atoms with E-state index in [-0.39, 0.29) is 24.4 Å².